The fourth-order valence-electron chi connectivity index (χ4n) is 2.87. The molecule has 0 saturated carbocycles. The maximum atomic E-state index is 12.7. The minimum Gasteiger partial charge on any atom is -0.340 e. The number of benzene rings is 1. The lowest BCUT2D eigenvalue weighted by atomic mass is 10.0. The standard InChI is InChI=1S/C19H21N3O/c1-11-12(2)14(4)20-18(13(11)3)21-19(23)17-10-15-8-6-7-9-16(15)22(17)5/h6-10H,1-5H3,(H,20,21,23). The van der Waals surface area contributed by atoms with E-state index in [2.05, 4.69) is 24.1 Å². The van der Waals surface area contributed by atoms with Gasteiger partial charge in [-0.1, -0.05) is 18.2 Å². The van der Waals surface area contributed by atoms with E-state index in [-0.39, 0.29) is 5.91 Å². The highest BCUT2D eigenvalue weighted by atomic mass is 16.2. The Balaban J connectivity index is 2.00. The molecule has 1 N–H and O–H groups in total. The van der Waals surface area contributed by atoms with Gasteiger partial charge in [0.25, 0.3) is 5.91 Å². The van der Waals surface area contributed by atoms with E-state index >= 15 is 0 Å². The van der Waals surface area contributed by atoms with Gasteiger partial charge in [-0.25, -0.2) is 4.98 Å². The van der Waals surface area contributed by atoms with Gasteiger partial charge in [0, 0.05) is 23.6 Å². The van der Waals surface area contributed by atoms with Gasteiger partial charge in [0.15, 0.2) is 0 Å². The minimum absolute atomic E-state index is 0.137. The molecule has 1 aromatic carbocycles. The zero-order valence-corrected chi connectivity index (χ0v) is 14.2. The molecule has 0 aliphatic carbocycles. The molecule has 118 valence electrons. The lowest BCUT2D eigenvalue weighted by Crippen LogP contribution is -2.18. The quantitative estimate of drug-likeness (QED) is 0.776. The Morgan fingerprint density at radius 3 is 2.43 bits per heavy atom. The van der Waals surface area contributed by atoms with Crippen LogP contribution in [0.1, 0.15) is 32.9 Å². The molecule has 1 amide bonds. The molecule has 0 aliphatic heterocycles. The Hall–Kier alpha value is -2.62. The first kappa shape index (κ1) is 15.3. The lowest BCUT2D eigenvalue weighted by Gasteiger charge is -2.14. The van der Waals surface area contributed by atoms with Gasteiger partial charge in [0.1, 0.15) is 11.5 Å². The van der Waals surface area contributed by atoms with Gasteiger partial charge < -0.3 is 9.88 Å². The van der Waals surface area contributed by atoms with E-state index in [4.69, 9.17) is 0 Å². The second kappa shape index (κ2) is 5.54. The van der Waals surface area contributed by atoms with Crippen molar-refractivity contribution in [2.45, 2.75) is 27.7 Å². The Bertz CT molecular complexity index is 922. The van der Waals surface area contributed by atoms with Crippen LogP contribution in [-0.2, 0) is 7.05 Å². The zero-order valence-electron chi connectivity index (χ0n) is 14.2. The molecule has 23 heavy (non-hydrogen) atoms. The number of carbonyl (C=O) groups is 1. The highest BCUT2D eigenvalue weighted by Gasteiger charge is 2.16. The summed E-state index contributed by atoms with van der Waals surface area (Å²) in [6.07, 6.45) is 0. The molecule has 3 rings (SSSR count). The van der Waals surface area contributed by atoms with Crippen molar-refractivity contribution in [2.75, 3.05) is 5.32 Å². The molecule has 0 aliphatic rings. The first-order valence-corrected chi connectivity index (χ1v) is 7.70. The van der Waals surface area contributed by atoms with E-state index in [0.717, 1.165) is 22.2 Å². The van der Waals surface area contributed by atoms with Crippen LogP contribution < -0.4 is 5.32 Å². The summed E-state index contributed by atoms with van der Waals surface area (Å²) in [6, 6.07) is 9.88. The van der Waals surface area contributed by atoms with E-state index in [0.29, 0.717) is 11.5 Å². The Morgan fingerprint density at radius 1 is 1.04 bits per heavy atom. The number of anilines is 1. The van der Waals surface area contributed by atoms with Gasteiger partial charge in [-0.05, 0) is 56.5 Å². The molecule has 0 saturated heterocycles. The molecule has 4 heteroatoms. The largest absolute Gasteiger partial charge is 0.340 e. The van der Waals surface area contributed by atoms with Crippen molar-refractivity contribution in [1.29, 1.82) is 0 Å². The van der Waals surface area contributed by atoms with Crippen LogP contribution in [-0.4, -0.2) is 15.5 Å². The fourth-order valence-corrected chi connectivity index (χ4v) is 2.87. The minimum atomic E-state index is -0.137. The van der Waals surface area contributed by atoms with Gasteiger partial charge in [-0.2, -0.15) is 0 Å². The van der Waals surface area contributed by atoms with Crippen LogP contribution in [0.15, 0.2) is 30.3 Å². The highest BCUT2D eigenvalue weighted by Crippen LogP contribution is 2.23. The number of hydrogen-bond acceptors (Lipinski definition) is 2. The molecular weight excluding hydrogens is 286 g/mol. The average molecular weight is 307 g/mol. The SMILES string of the molecule is Cc1nc(NC(=O)c2cc3ccccc3n2C)c(C)c(C)c1C. The lowest BCUT2D eigenvalue weighted by molar-refractivity contribution is 0.101. The van der Waals surface area contributed by atoms with Crippen LogP contribution in [0.5, 0.6) is 0 Å². The summed E-state index contributed by atoms with van der Waals surface area (Å²) in [4.78, 5) is 17.2. The smallest absolute Gasteiger partial charge is 0.273 e. The van der Waals surface area contributed by atoms with E-state index < -0.39 is 0 Å². The Labute approximate surface area is 136 Å². The van der Waals surface area contributed by atoms with Gasteiger partial charge in [0.05, 0.1) is 0 Å². The number of nitrogens with one attached hydrogen (secondary N) is 1. The molecule has 4 nitrogen and oxygen atoms in total. The third kappa shape index (κ3) is 2.50. The molecular formula is C19H21N3O. The number of fused-ring (bicyclic) bond motifs is 1. The molecule has 2 aromatic heterocycles. The summed E-state index contributed by atoms with van der Waals surface area (Å²) >= 11 is 0. The number of amides is 1. The summed E-state index contributed by atoms with van der Waals surface area (Å²) in [5, 5.41) is 4.02. The topological polar surface area (TPSA) is 46.9 Å². The molecule has 0 radical (unpaired) electrons. The zero-order chi connectivity index (χ0) is 16.7. The van der Waals surface area contributed by atoms with Crippen LogP contribution in [0.25, 0.3) is 10.9 Å². The number of pyridine rings is 1. The van der Waals surface area contributed by atoms with Crippen LogP contribution in [0, 0.1) is 27.7 Å². The molecule has 3 aromatic rings. The number of aromatic nitrogens is 2. The maximum absolute atomic E-state index is 12.7. The number of rotatable bonds is 2. The van der Waals surface area contributed by atoms with E-state index in [1.165, 1.54) is 11.1 Å². The number of carbonyl (C=O) groups excluding carboxylic acids is 1. The van der Waals surface area contributed by atoms with Crippen LogP contribution >= 0.6 is 0 Å². The second-order valence-electron chi connectivity index (χ2n) is 6.02. The van der Waals surface area contributed by atoms with Crippen LogP contribution in [0.3, 0.4) is 0 Å². The predicted octanol–water partition coefficient (Wildman–Crippen LogP) is 4.06. The first-order valence-electron chi connectivity index (χ1n) is 7.70. The second-order valence-corrected chi connectivity index (χ2v) is 6.02. The fraction of sp³-hybridized carbons (Fsp3) is 0.263. The summed E-state index contributed by atoms with van der Waals surface area (Å²) in [6.45, 7) is 8.08. The van der Waals surface area contributed by atoms with Crippen molar-refractivity contribution in [3.8, 4) is 0 Å². The molecule has 0 spiro atoms. The van der Waals surface area contributed by atoms with E-state index in [9.17, 15) is 4.79 Å². The molecule has 0 unspecified atom stereocenters. The van der Waals surface area contributed by atoms with Crippen molar-refractivity contribution in [3.63, 3.8) is 0 Å². The normalized spacial score (nSPS) is 11.0. The average Bonchev–Trinajstić information content (AvgIpc) is 2.88. The summed E-state index contributed by atoms with van der Waals surface area (Å²) < 4.78 is 1.91. The molecule has 0 atom stereocenters. The van der Waals surface area contributed by atoms with Gasteiger partial charge in [0.2, 0.25) is 0 Å². The van der Waals surface area contributed by atoms with Crippen LogP contribution in [0.2, 0.25) is 0 Å². The van der Waals surface area contributed by atoms with Gasteiger partial charge in [-0.3, -0.25) is 4.79 Å². The van der Waals surface area contributed by atoms with Crippen molar-refractivity contribution in [3.05, 3.63) is 58.4 Å². The Morgan fingerprint density at radius 2 is 1.74 bits per heavy atom. The third-order valence-electron chi connectivity index (χ3n) is 4.72. The third-order valence-corrected chi connectivity index (χ3v) is 4.72. The number of para-hydroxylation sites is 1. The summed E-state index contributed by atoms with van der Waals surface area (Å²) in [5.74, 6) is 0.503. The summed E-state index contributed by atoms with van der Waals surface area (Å²) in [7, 11) is 1.91. The maximum Gasteiger partial charge on any atom is 0.273 e. The van der Waals surface area contributed by atoms with Gasteiger partial charge in [-0.15, -0.1) is 0 Å². The number of hydrogen-bond donors (Lipinski definition) is 1. The number of aryl methyl sites for hydroxylation is 2. The van der Waals surface area contributed by atoms with Crippen LogP contribution in [0.4, 0.5) is 5.82 Å². The Kier molecular flexibility index (Phi) is 3.68. The van der Waals surface area contributed by atoms with Crippen molar-refractivity contribution in [2.24, 2.45) is 7.05 Å². The van der Waals surface area contributed by atoms with E-state index in [1.54, 1.807) is 0 Å². The number of nitrogens with zero attached hydrogens (tertiary/aromatic N) is 2. The van der Waals surface area contributed by atoms with Crippen molar-refractivity contribution < 1.29 is 4.79 Å². The summed E-state index contributed by atoms with van der Waals surface area (Å²) in [5.41, 5.74) is 5.97. The molecule has 0 bridgehead atoms. The predicted molar refractivity (Wildman–Crippen MR) is 94.1 cm³/mol. The highest BCUT2D eigenvalue weighted by molar-refractivity contribution is 6.06. The monoisotopic (exact) mass is 307 g/mol. The first-order chi connectivity index (χ1) is 10.9. The molecule has 0 fully saturated rings. The van der Waals surface area contributed by atoms with Crippen molar-refractivity contribution in [1.82, 2.24) is 9.55 Å². The van der Waals surface area contributed by atoms with Gasteiger partial charge >= 0.3 is 0 Å². The molecule has 2 heterocycles. The van der Waals surface area contributed by atoms with Crippen molar-refractivity contribution >= 4 is 22.6 Å². The van der Waals surface area contributed by atoms with E-state index in [1.807, 2.05) is 55.8 Å².